The van der Waals surface area contributed by atoms with E-state index in [4.69, 9.17) is 14.5 Å². The summed E-state index contributed by atoms with van der Waals surface area (Å²) >= 11 is 0. The zero-order valence-electron chi connectivity index (χ0n) is 22.7. The second-order valence-corrected chi connectivity index (χ2v) is 10.2. The summed E-state index contributed by atoms with van der Waals surface area (Å²) in [5.41, 5.74) is 3.06. The van der Waals surface area contributed by atoms with Crippen molar-refractivity contribution in [3.8, 4) is 28.5 Å². The lowest BCUT2D eigenvalue weighted by Gasteiger charge is -2.31. The molecule has 0 spiro atoms. The Hall–Kier alpha value is -4.97. The van der Waals surface area contributed by atoms with Gasteiger partial charge >= 0.3 is 0 Å². The molecule has 10 nitrogen and oxygen atoms in total. The lowest BCUT2D eigenvalue weighted by molar-refractivity contribution is 0.0992. The number of imidazole rings is 1. The van der Waals surface area contributed by atoms with Crippen LogP contribution in [0, 0.1) is 11.6 Å². The van der Waals surface area contributed by atoms with Crippen molar-refractivity contribution in [2.45, 2.75) is 18.6 Å². The highest BCUT2D eigenvalue weighted by Crippen LogP contribution is 2.42. The molecular weight excluding hydrogens is 544 g/mol. The average Bonchev–Trinajstić information content (AvgIpc) is 3.72. The SMILES string of the molecule is COc1cccc(F)c1-c1nccc(C(=O)Nc2ccc3c(nc(-c4ccncc4F)n3C)c2N2C[C@@H]3C[C@H]2CO3)n1. The van der Waals surface area contributed by atoms with Crippen molar-refractivity contribution in [1.29, 1.82) is 0 Å². The average molecular weight is 570 g/mol. The van der Waals surface area contributed by atoms with Crippen LogP contribution in [0.4, 0.5) is 20.2 Å². The third kappa shape index (κ3) is 4.22. The van der Waals surface area contributed by atoms with Crippen LogP contribution >= 0.6 is 0 Å². The third-order valence-corrected chi connectivity index (χ3v) is 7.78. The van der Waals surface area contributed by atoms with Crippen molar-refractivity contribution in [3.63, 3.8) is 0 Å². The second-order valence-electron chi connectivity index (χ2n) is 10.2. The summed E-state index contributed by atoms with van der Waals surface area (Å²) in [5, 5.41) is 2.99. The molecule has 1 amide bonds. The van der Waals surface area contributed by atoms with E-state index in [1.165, 1.54) is 37.7 Å². The van der Waals surface area contributed by atoms with Gasteiger partial charge in [-0.3, -0.25) is 9.78 Å². The van der Waals surface area contributed by atoms with E-state index in [0.29, 0.717) is 35.7 Å². The van der Waals surface area contributed by atoms with E-state index in [0.717, 1.165) is 23.8 Å². The summed E-state index contributed by atoms with van der Waals surface area (Å²) in [5.74, 6) is -0.839. The molecular formula is C30H25F2N7O3. The summed E-state index contributed by atoms with van der Waals surface area (Å²) in [6.45, 7) is 1.19. The van der Waals surface area contributed by atoms with Gasteiger partial charge in [0, 0.05) is 26.0 Å². The van der Waals surface area contributed by atoms with Crippen LogP contribution in [0.3, 0.4) is 0 Å². The number of hydrogen-bond acceptors (Lipinski definition) is 8. The second kappa shape index (κ2) is 10.1. The number of benzene rings is 2. The molecule has 7 rings (SSSR count). The number of hydrogen-bond donors (Lipinski definition) is 1. The van der Waals surface area contributed by atoms with Crippen LogP contribution in [0.2, 0.25) is 0 Å². The standard InChI is InChI=1S/C30H25F2N7O3/c1-38-23-7-6-21(36-30(40)22-9-11-34-28(35-22)25-19(31)4-3-5-24(25)41-2)27(39-14-17-12-16(39)15-42-17)26(23)37-29(38)18-8-10-33-13-20(18)32/h3-11,13,16-17H,12,14-15H2,1-2H3,(H,36,40)/t16-,17-/m0/s1. The fourth-order valence-electron chi connectivity index (χ4n) is 5.79. The summed E-state index contributed by atoms with van der Waals surface area (Å²) in [6.07, 6.45) is 5.02. The van der Waals surface area contributed by atoms with Crippen LogP contribution in [0.5, 0.6) is 5.75 Å². The van der Waals surface area contributed by atoms with Crippen LogP contribution in [-0.4, -0.2) is 62.8 Å². The van der Waals surface area contributed by atoms with Gasteiger partial charge in [-0.25, -0.2) is 23.7 Å². The van der Waals surface area contributed by atoms with Crippen LogP contribution in [0.25, 0.3) is 33.8 Å². The maximum absolute atomic E-state index is 14.7. The summed E-state index contributed by atoms with van der Waals surface area (Å²) < 4.78 is 42.4. The Bertz CT molecular complexity index is 1860. The summed E-state index contributed by atoms with van der Waals surface area (Å²) in [6, 6.07) is 11.2. The lowest BCUT2D eigenvalue weighted by Crippen LogP contribution is -2.37. The Labute approximate surface area is 239 Å². The molecule has 12 heteroatoms. The van der Waals surface area contributed by atoms with E-state index >= 15 is 0 Å². The molecule has 0 aliphatic carbocycles. The molecule has 212 valence electrons. The smallest absolute Gasteiger partial charge is 0.274 e. The Morgan fingerprint density at radius 2 is 1.98 bits per heavy atom. The number of aromatic nitrogens is 5. The predicted molar refractivity (Wildman–Crippen MR) is 151 cm³/mol. The zero-order chi connectivity index (χ0) is 29.0. The molecule has 2 atom stereocenters. The number of carbonyl (C=O) groups excluding carboxylic acids is 1. The molecule has 2 aliphatic rings. The molecule has 0 unspecified atom stereocenters. The van der Waals surface area contributed by atoms with Crippen molar-refractivity contribution in [1.82, 2.24) is 24.5 Å². The number of nitrogens with zero attached hydrogens (tertiary/aromatic N) is 6. The Balaban J connectivity index is 1.31. The number of methoxy groups -OCH3 is 1. The van der Waals surface area contributed by atoms with Crippen molar-refractivity contribution < 1.29 is 23.0 Å². The van der Waals surface area contributed by atoms with E-state index in [-0.39, 0.29) is 35.0 Å². The first-order chi connectivity index (χ1) is 20.4. The molecule has 2 fully saturated rings. The molecule has 5 heterocycles. The van der Waals surface area contributed by atoms with Gasteiger partial charge in [0.25, 0.3) is 5.91 Å². The quantitative estimate of drug-likeness (QED) is 0.316. The number of pyridine rings is 1. The predicted octanol–water partition coefficient (Wildman–Crippen LogP) is 4.61. The Morgan fingerprint density at radius 1 is 1.10 bits per heavy atom. The Kier molecular flexibility index (Phi) is 6.27. The van der Waals surface area contributed by atoms with Crippen molar-refractivity contribution in [2.75, 3.05) is 30.5 Å². The van der Waals surface area contributed by atoms with Crippen molar-refractivity contribution in [3.05, 3.63) is 78.4 Å². The van der Waals surface area contributed by atoms with Gasteiger partial charge < -0.3 is 24.3 Å². The van der Waals surface area contributed by atoms with E-state index < -0.39 is 17.5 Å². The molecule has 3 aromatic heterocycles. The number of morpholine rings is 1. The van der Waals surface area contributed by atoms with Gasteiger partial charge in [-0.1, -0.05) is 6.07 Å². The van der Waals surface area contributed by atoms with Gasteiger partial charge in [-0.2, -0.15) is 0 Å². The number of rotatable bonds is 6. The molecule has 0 saturated carbocycles. The maximum atomic E-state index is 14.7. The number of ether oxygens (including phenoxy) is 2. The van der Waals surface area contributed by atoms with Gasteiger partial charge in [0.05, 0.1) is 60.1 Å². The first kappa shape index (κ1) is 26.0. The maximum Gasteiger partial charge on any atom is 0.274 e. The summed E-state index contributed by atoms with van der Waals surface area (Å²) in [4.78, 5) is 33.1. The first-order valence-electron chi connectivity index (χ1n) is 13.4. The third-order valence-electron chi connectivity index (χ3n) is 7.78. The fourth-order valence-corrected chi connectivity index (χ4v) is 5.79. The first-order valence-corrected chi connectivity index (χ1v) is 13.4. The zero-order valence-corrected chi connectivity index (χ0v) is 22.7. The van der Waals surface area contributed by atoms with E-state index in [1.54, 1.807) is 18.2 Å². The fraction of sp³-hybridized carbons (Fsp3) is 0.233. The molecule has 2 saturated heterocycles. The largest absolute Gasteiger partial charge is 0.496 e. The van der Waals surface area contributed by atoms with Crippen LogP contribution < -0.4 is 15.0 Å². The molecule has 5 aromatic rings. The normalized spacial score (nSPS) is 17.7. The minimum Gasteiger partial charge on any atom is -0.496 e. The minimum atomic E-state index is -0.567. The highest BCUT2D eigenvalue weighted by Gasteiger charge is 2.41. The number of nitrogens with one attached hydrogen (secondary N) is 1. The molecule has 2 aromatic carbocycles. The van der Waals surface area contributed by atoms with Gasteiger partial charge in [0.2, 0.25) is 0 Å². The highest BCUT2D eigenvalue weighted by molar-refractivity contribution is 6.09. The molecule has 0 radical (unpaired) electrons. The monoisotopic (exact) mass is 569 g/mol. The number of anilines is 2. The van der Waals surface area contributed by atoms with Gasteiger partial charge in [0.15, 0.2) is 11.6 Å². The van der Waals surface area contributed by atoms with Crippen LogP contribution in [-0.2, 0) is 11.8 Å². The van der Waals surface area contributed by atoms with Gasteiger partial charge in [0.1, 0.15) is 28.6 Å². The van der Waals surface area contributed by atoms with Gasteiger partial charge in [-0.15, -0.1) is 0 Å². The highest BCUT2D eigenvalue weighted by atomic mass is 19.1. The number of halogens is 2. The van der Waals surface area contributed by atoms with E-state index in [9.17, 15) is 13.6 Å². The van der Waals surface area contributed by atoms with Crippen LogP contribution in [0.15, 0.2) is 61.1 Å². The molecule has 42 heavy (non-hydrogen) atoms. The molecule has 1 N–H and O–H groups in total. The van der Waals surface area contributed by atoms with Crippen LogP contribution in [0.1, 0.15) is 16.9 Å². The van der Waals surface area contributed by atoms with Gasteiger partial charge in [-0.05, 0) is 42.8 Å². The molecule has 2 bridgehead atoms. The Morgan fingerprint density at radius 3 is 2.74 bits per heavy atom. The number of carbonyl (C=O) groups is 1. The number of aryl methyl sites for hydroxylation is 1. The molecule has 2 aliphatic heterocycles. The van der Waals surface area contributed by atoms with Crippen molar-refractivity contribution >= 4 is 28.3 Å². The lowest BCUT2D eigenvalue weighted by atomic mass is 10.1. The van der Waals surface area contributed by atoms with E-state index in [1.807, 2.05) is 17.7 Å². The topological polar surface area (TPSA) is 107 Å². The summed E-state index contributed by atoms with van der Waals surface area (Å²) in [7, 11) is 3.25. The number of amides is 1. The van der Waals surface area contributed by atoms with E-state index in [2.05, 4.69) is 25.2 Å². The number of fused-ring (bicyclic) bond motifs is 3. The van der Waals surface area contributed by atoms with Crippen molar-refractivity contribution in [2.24, 2.45) is 7.05 Å². The minimum absolute atomic E-state index is 0.0241.